The van der Waals surface area contributed by atoms with Crippen LogP contribution in [0.4, 0.5) is 20.2 Å². The summed E-state index contributed by atoms with van der Waals surface area (Å²) < 4.78 is 33.3. The number of amides is 1. The lowest BCUT2D eigenvalue weighted by atomic mass is 9.97. The number of carbonyl (C=O) groups excluding carboxylic acids is 1. The molecule has 2 aromatic heterocycles. The highest BCUT2D eigenvalue weighted by Crippen LogP contribution is 2.39. The minimum absolute atomic E-state index is 0.126. The van der Waals surface area contributed by atoms with Crippen molar-refractivity contribution in [3.8, 4) is 22.4 Å². The summed E-state index contributed by atoms with van der Waals surface area (Å²) in [7, 11) is 0. The number of primary amides is 1. The predicted molar refractivity (Wildman–Crippen MR) is 125 cm³/mol. The fraction of sp³-hybridized carbons (Fsp3) is 0.375. The van der Waals surface area contributed by atoms with E-state index in [1.54, 1.807) is 24.5 Å². The van der Waals surface area contributed by atoms with Crippen LogP contribution in [0.25, 0.3) is 22.4 Å². The summed E-state index contributed by atoms with van der Waals surface area (Å²) in [5.41, 5.74) is 10.2. The quantitative estimate of drug-likeness (QED) is 0.596. The summed E-state index contributed by atoms with van der Waals surface area (Å²) in [6, 6.07) is 9.53. The van der Waals surface area contributed by atoms with E-state index in [1.165, 1.54) is 0 Å². The number of H-pyrrole nitrogens is 1. The van der Waals surface area contributed by atoms with Crippen LogP contribution in [0.1, 0.15) is 23.3 Å². The maximum atomic E-state index is 13.9. The van der Waals surface area contributed by atoms with Gasteiger partial charge in [0.1, 0.15) is 5.69 Å². The Bertz CT molecular complexity index is 1170. The number of nitrogens with one attached hydrogen (secondary N) is 1. The number of halogens is 2. The van der Waals surface area contributed by atoms with Gasteiger partial charge in [0.25, 0.3) is 11.8 Å². The molecule has 2 fully saturated rings. The fourth-order valence-electron chi connectivity index (χ4n) is 4.52. The molecule has 1 aromatic carbocycles. The molecule has 0 unspecified atom stereocenters. The van der Waals surface area contributed by atoms with Crippen LogP contribution in [0.2, 0.25) is 0 Å². The molecule has 1 amide bonds. The summed E-state index contributed by atoms with van der Waals surface area (Å²) in [6.45, 7) is 3.23. The van der Waals surface area contributed by atoms with Gasteiger partial charge in [0.05, 0.1) is 25.1 Å². The van der Waals surface area contributed by atoms with Crippen molar-refractivity contribution in [2.24, 2.45) is 5.73 Å². The topological polar surface area (TPSA) is 100 Å². The van der Waals surface area contributed by atoms with Gasteiger partial charge in [0.15, 0.2) is 0 Å². The van der Waals surface area contributed by atoms with Crippen LogP contribution in [0, 0.1) is 0 Å². The highest BCUT2D eigenvalue weighted by molar-refractivity contribution is 6.00. The van der Waals surface area contributed by atoms with E-state index in [0.717, 1.165) is 35.6 Å². The Morgan fingerprint density at radius 3 is 2.44 bits per heavy atom. The van der Waals surface area contributed by atoms with Crippen LogP contribution < -0.4 is 15.5 Å². The van der Waals surface area contributed by atoms with Gasteiger partial charge in [-0.25, -0.2) is 13.8 Å². The summed E-state index contributed by atoms with van der Waals surface area (Å²) in [5.74, 6) is -3.32. The molecule has 178 valence electrons. The number of aromatic amines is 1. The molecule has 0 radical (unpaired) electrons. The van der Waals surface area contributed by atoms with Crippen LogP contribution in [-0.2, 0) is 4.74 Å². The Kier molecular flexibility index (Phi) is 5.91. The molecule has 2 aliphatic rings. The second-order valence-electron chi connectivity index (χ2n) is 8.59. The number of ether oxygens (including phenoxy) is 1. The van der Waals surface area contributed by atoms with Gasteiger partial charge in [-0.15, -0.1) is 0 Å². The lowest BCUT2D eigenvalue weighted by Gasteiger charge is -2.36. The van der Waals surface area contributed by atoms with Crippen molar-refractivity contribution in [1.82, 2.24) is 15.2 Å². The molecule has 4 heterocycles. The van der Waals surface area contributed by atoms with E-state index in [-0.39, 0.29) is 31.6 Å². The third-order valence-electron chi connectivity index (χ3n) is 6.41. The van der Waals surface area contributed by atoms with Gasteiger partial charge in [-0.2, -0.15) is 5.10 Å². The summed E-state index contributed by atoms with van der Waals surface area (Å²) in [6.07, 6.45) is 2.87. The molecule has 10 heteroatoms. The van der Waals surface area contributed by atoms with Crippen molar-refractivity contribution >= 4 is 17.3 Å². The number of aromatic nitrogens is 3. The monoisotopic (exact) mass is 468 g/mol. The average molecular weight is 469 g/mol. The smallest absolute Gasteiger partial charge is 0.267 e. The SMILES string of the molecule is NC(=O)c1nc(-c2cn[nH]c2)ccc1-c1ccc(N2CCOCC2)cc1N1CCC(F)(F)CC1. The van der Waals surface area contributed by atoms with Gasteiger partial charge in [-0.3, -0.25) is 9.89 Å². The number of nitrogens with two attached hydrogens (primary N) is 1. The fourth-order valence-corrected chi connectivity index (χ4v) is 4.52. The molecule has 3 N–H and O–H groups in total. The van der Waals surface area contributed by atoms with E-state index in [9.17, 15) is 13.6 Å². The number of rotatable bonds is 5. The number of nitrogens with zero attached hydrogens (tertiary/aromatic N) is 4. The molecule has 0 saturated carbocycles. The first-order chi connectivity index (χ1) is 16.4. The van der Waals surface area contributed by atoms with Gasteiger partial charge < -0.3 is 20.3 Å². The molecular formula is C24H26F2N6O2. The van der Waals surface area contributed by atoms with Crippen molar-refractivity contribution in [3.63, 3.8) is 0 Å². The summed E-state index contributed by atoms with van der Waals surface area (Å²) in [4.78, 5) is 21.1. The first kappa shape index (κ1) is 22.3. The Labute approximate surface area is 195 Å². The molecule has 3 aromatic rings. The Morgan fingerprint density at radius 1 is 1.03 bits per heavy atom. The molecule has 8 nitrogen and oxygen atoms in total. The third kappa shape index (κ3) is 4.45. The van der Waals surface area contributed by atoms with Crippen molar-refractivity contribution in [2.45, 2.75) is 18.8 Å². The first-order valence-electron chi connectivity index (χ1n) is 11.3. The largest absolute Gasteiger partial charge is 0.378 e. The van der Waals surface area contributed by atoms with Gasteiger partial charge in [0.2, 0.25) is 0 Å². The highest BCUT2D eigenvalue weighted by atomic mass is 19.3. The summed E-state index contributed by atoms with van der Waals surface area (Å²) in [5, 5.41) is 6.66. The minimum Gasteiger partial charge on any atom is -0.378 e. The zero-order valence-electron chi connectivity index (χ0n) is 18.6. The Balaban J connectivity index is 1.59. The third-order valence-corrected chi connectivity index (χ3v) is 6.41. The van der Waals surface area contributed by atoms with Crippen molar-refractivity contribution < 1.29 is 18.3 Å². The molecular weight excluding hydrogens is 442 g/mol. The van der Waals surface area contributed by atoms with Crippen molar-refractivity contribution in [3.05, 3.63) is 48.4 Å². The average Bonchev–Trinajstić information content (AvgIpc) is 3.39. The number of alkyl halides is 2. The number of anilines is 2. The van der Waals surface area contributed by atoms with E-state index < -0.39 is 11.8 Å². The van der Waals surface area contributed by atoms with E-state index in [2.05, 4.69) is 20.1 Å². The van der Waals surface area contributed by atoms with Crippen LogP contribution in [0.15, 0.2) is 42.7 Å². The lowest BCUT2D eigenvalue weighted by Crippen LogP contribution is -2.40. The Morgan fingerprint density at radius 2 is 1.76 bits per heavy atom. The van der Waals surface area contributed by atoms with Crippen molar-refractivity contribution in [1.29, 1.82) is 0 Å². The minimum atomic E-state index is -2.66. The molecule has 0 bridgehead atoms. The van der Waals surface area contributed by atoms with E-state index in [1.807, 2.05) is 23.1 Å². The summed E-state index contributed by atoms with van der Waals surface area (Å²) >= 11 is 0. The zero-order valence-corrected chi connectivity index (χ0v) is 18.6. The number of morpholine rings is 1. The van der Waals surface area contributed by atoms with Crippen LogP contribution in [0.5, 0.6) is 0 Å². The molecule has 0 spiro atoms. The molecule has 34 heavy (non-hydrogen) atoms. The second kappa shape index (κ2) is 9.02. The molecule has 2 saturated heterocycles. The molecule has 0 aliphatic carbocycles. The molecule has 2 aliphatic heterocycles. The number of hydrogen-bond donors (Lipinski definition) is 2. The normalized spacial score (nSPS) is 18.2. The first-order valence-corrected chi connectivity index (χ1v) is 11.3. The van der Waals surface area contributed by atoms with Gasteiger partial charge in [-0.05, 0) is 24.3 Å². The van der Waals surface area contributed by atoms with E-state index in [0.29, 0.717) is 24.5 Å². The van der Waals surface area contributed by atoms with Crippen LogP contribution in [-0.4, -0.2) is 66.4 Å². The number of hydrogen-bond acceptors (Lipinski definition) is 6. The van der Waals surface area contributed by atoms with Gasteiger partial charge in [-0.1, -0.05) is 6.07 Å². The molecule has 5 rings (SSSR count). The number of benzene rings is 1. The number of carbonyl (C=O) groups is 1. The lowest BCUT2D eigenvalue weighted by molar-refractivity contribution is -0.0220. The maximum absolute atomic E-state index is 13.9. The number of piperidine rings is 1. The van der Waals surface area contributed by atoms with E-state index in [4.69, 9.17) is 10.5 Å². The molecule has 0 atom stereocenters. The van der Waals surface area contributed by atoms with Crippen LogP contribution >= 0.6 is 0 Å². The zero-order chi connectivity index (χ0) is 23.7. The van der Waals surface area contributed by atoms with Gasteiger partial charge >= 0.3 is 0 Å². The van der Waals surface area contributed by atoms with Gasteiger partial charge in [0, 0.05) is 73.3 Å². The highest BCUT2D eigenvalue weighted by Gasteiger charge is 2.35. The van der Waals surface area contributed by atoms with Crippen molar-refractivity contribution in [2.75, 3.05) is 49.2 Å². The Hall–Kier alpha value is -3.53. The van der Waals surface area contributed by atoms with E-state index >= 15 is 0 Å². The van der Waals surface area contributed by atoms with Crippen LogP contribution in [0.3, 0.4) is 0 Å². The number of pyridine rings is 1. The second-order valence-corrected chi connectivity index (χ2v) is 8.59. The maximum Gasteiger partial charge on any atom is 0.267 e. The standard InChI is InChI=1S/C24H26F2N6O2/c25-24(26)5-7-32(8-6-24)21-13-17(31-9-11-34-12-10-31)1-2-18(21)19-3-4-20(16-14-28-29-15-16)30-22(19)23(27)33/h1-4,13-15H,5-12H2,(H2,27,33)(H,28,29). The predicted octanol–water partition coefficient (Wildman–Crippen LogP) is 3.31.